The number of aliphatic hydroxyl groups is 1. The molecule has 17 heavy (non-hydrogen) atoms. The van der Waals surface area contributed by atoms with Crippen LogP contribution in [0.5, 0.6) is 0 Å². The van der Waals surface area contributed by atoms with Crippen molar-refractivity contribution >= 4 is 23.2 Å². The van der Waals surface area contributed by atoms with Crippen molar-refractivity contribution in [3.63, 3.8) is 0 Å². The molecule has 1 aromatic rings. The predicted molar refractivity (Wildman–Crippen MR) is 71.7 cm³/mol. The Hall–Kier alpha value is -0.280. The van der Waals surface area contributed by atoms with E-state index < -0.39 is 0 Å². The maximum absolute atomic E-state index is 9.59. The predicted octanol–water partition coefficient (Wildman–Crippen LogP) is 3.12. The number of hydrogen-bond donors (Lipinski definition) is 2. The summed E-state index contributed by atoms with van der Waals surface area (Å²) < 4.78 is 0. The van der Waals surface area contributed by atoms with E-state index in [1.54, 1.807) is 0 Å². The fraction of sp³-hybridized carbons (Fsp3) is 0.538. The summed E-state index contributed by atoms with van der Waals surface area (Å²) in [4.78, 5) is 0. The van der Waals surface area contributed by atoms with Crippen molar-refractivity contribution < 1.29 is 5.11 Å². The van der Waals surface area contributed by atoms with Crippen LogP contribution in [0.4, 0.5) is 0 Å². The van der Waals surface area contributed by atoms with Crippen LogP contribution in [0.15, 0.2) is 18.2 Å². The number of nitrogens with two attached hydrogens (primary N) is 1. The Bertz CT molecular complexity index is 400. The maximum Gasteiger partial charge on any atom is 0.0595 e. The number of hydrogen-bond acceptors (Lipinski definition) is 2. The molecule has 1 aliphatic rings. The van der Waals surface area contributed by atoms with E-state index in [1.807, 2.05) is 18.2 Å². The molecule has 0 bridgehead atoms. The van der Waals surface area contributed by atoms with E-state index in [0.29, 0.717) is 16.6 Å². The lowest BCUT2D eigenvalue weighted by Gasteiger charge is -2.38. The van der Waals surface area contributed by atoms with Gasteiger partial charge in [0.05, 0.1) is 16.1 Å². The van der Waals surface area contributed by atoms with Crippen LogP contribution in [0, 0.1) is 0 Å². The molecule has 1 saturated carbocycles. The van der Waals surface area contributed by atoms with Crippen LogP contribution in [0.2, 0.25) is 10.0 Å². The Balaban J connectivity index is 2.31. The third-order valence-electron chi connectivity index (χ3n) is 3.83. The lowest BCUT2D eigenvalue weighted by Crippen LogP contribution is -2.40. The molecule has 1 aliphatic carbocycles. The second kappa shape index (κ2) is 5.15. The van der Waals surface area contributed by atoms with Crippen molar-refractivity contribution in [1.29, 1.82) is 0 Å². The van der Waals surface area contributed by atoms with Crippen LogP contribution in [0.25, 0.3) is 0 Å². The fourth-order valence-electron chi connectivity index (χ4n) is 2.59. The summed E-state index contributed by atoms with van der Waals surface area (Å²) in [6.07, 6.45) is 3.23. The van der Waals surface area contributed by atoms with Gasteiger partial charge in [0.15, 0.2) is 0 Å². The third-order valence-corrected chi connectivity index (χ3v) is 4.57. The van der Waals surface area contributed by atoms with Crippen LogP contribution in [-0.4, -0.2) is 17.8 Å². The van der Waals surface area contributed by atoms with Gasteiger partial charge in [-0.05, 0) is 43.4 Å². The summed E-state index contributed by atoms with van der Waals surface area (Å²) in [6.45, 7) is 0.581. The molecule has 2 nitrogen and oxygen atoms in total. The molecule has 0 saturated heterocycles. The highest BCUT2D eigenvalue weighted by atomic mass is 35.5. The lowest BCUT2D eigenvalue weighted by molar-refractivity contribution is 0.0975. The third kappa shape index (κ3) is 2.60. The van der Waals surface area contributed by atoms with Gasteiger partial charge in [0.1, 0.15) is 0 Å². The zero-order chi connectivity index (χ0) is 12.5. The average molecular weight is 274 g/mol. The van der Waals surface area contributed by atoms with E-state index >= 15 is 0 Å². The van der Waals surface area contributed by atoms with Gasteiger partial charge in [-0.1, -0.05) is 29.3 Å². The molecule has 0 unspecified atom stereocenters. The molecule has 94 valence electrons. The van der Waals surface area contributed by atoms with Crippen LogP contribution in [0.3, 0.4) is 0 Å². The highest BCUT2D eigenvalue weighted by Crippen LogP contribution is 2.40. The minimum Gasteiger partial charge on any atom is -0.393 e. The van der Waals surface area contributed by atoms with Gasteiger partial charge in [-0.2, -0.15) is 0 Å². The highest BCUT2D eigenvalue weighted by molar-refractivity contribution is 6.42. The first-order valence-corrected chi connectivity index (χ1v) is 6.67. The van der Waals surface area contributed by atoms with Crippen LogP contribution >= 0.6 is 23.2 Å². The molecule has 0 aromatic heterocycles. The van der Waals surface area contributed by atoms with E-state index in [1.165, 1.54) is 0 Å². The van der Waals surface area contributed by atoms with E-state index in [0.717, 1.165) is 31.2 Å². The van der Waals surface area contributed by atoms with Crippen molar-refractivity contribution in [1.82, 2.24) is 0 Å². The molecule has 0 amide bonds. The number of benzene rings is 1. The second-order valence-electron chi connectivity index (χ2n) is 4.84. The van der Waals surface area contributed by atoms with Gasteiger partial charge >= 0.3 is 0 Å². The lowest BCUT2D eigenvalue weighted by atomic mass is 9.69. The van der Waals surface area contributed by atoms with Gasteiger partial charge < -0.3 is 10.8 Å². The number of halogens is 2. The van der Waals surface area contributed by atoms with Gasteiger partial charge in [-0.25, -0.2) is 0 Å². The second-order valence-corrected chi connectivity index (χ2v) is 5.66. The minimum absolute atomic E-state index is 0.0482. The largest absolute Gasteiger partial charge is 0.393 e. The smallest absolute Gasteiger partial charge is 0.0595 e. The topological polar surface area (TPSA) is 46.2 Å². The first kappa shape index (κ1) is 13.2. The standard InChI is InChI=1S/C13H17Cl2NO/c14-11-2-1-9(7-12(11)15)13(8-16)5-3-10(17)4-6-13/h1-2,7,10,17H,3-6,8,16H2/t10-,13-. The Morgan fingerprint density at radius 1 is 1.24 bits per heavy atom. The summed E-state index contributed by atoms with van der Waals surface area (Å²) in [5.74, 6) is 0. The number of rotatable bonds is 2. The zero-order valence-corrected chi connectivity index (χ0v) is 11.1. The molecule has 0 atom stereocenters. The van der Waals surface area contributed by atoms with E-state index in [2.05, 4.69) is 0 Å². The van der Waals surface area contributed by atoms with E-state index in [9.17, 15) is 5.11 Å². The molecule has 3 N–H and O–H groups in total. The van der Waals surface area contributed by atoms with Crippen molar-refractivity contribution in [3.8, 4) is 0 Å². The van der Waals surface area contributed by atoms with Crippen LogP contribution < -0.4 is 5.73 Å². The molecule has 0 aliphatic heterocycles. The summed E-state index contributed by atoms with van der Waals surface area (Å²) >= 11 is 12.0. The Kier molecular flexibility index (Phi) is 3.99. The molecule has 1 aromatic carbocycles. The summed E-state index contributed by atoms with van der Waals surface area (Å²) in [5.41, 5.74) is 7.04. The first-order chi connectivity index (χ1) is 8.07. The Morgan fingerprint density at radius 2 is 1.88 bits per heavy atom. The summed E-state index contributed by atoms with van der Waals surface area (Å²) in [7, 11) is 0. The molecular formula is C13H17Cl2NO. The quantitative estimate of drug-likeness (QED) is 0.870. The normalized spacial score (nSPS) is 29.3. The van der Waals surface area contributed by atoms with Crippen molar-refractivity contribution in [2.75, 3.05) is 6.54 Å². The van der Waals surface area contributed by atoms with Gasteiger partial charge in [-0.15, -0.1) is 0 Å². The van der Waals surface area contributed by atoms with Gasteiger partial charge in [0.2, 0.25) is 0 Å². The van der Waals surface area contributed by atoms with Gasteiger partial charge in [-0.3, -0.25) is 0 Å². The van der Waals surface area contributed by atoms with Crippen molar-refractivity contribution in [2.45, 2.75) is 37.2 Å². The SMILES string of the molecule is NC[C@]1(c2ccc(Cl)c(Cl)c2)CC[C@H](O)CC1. The fourth-order valence-corrected chi connectivity index (χ4v) is 2.89. The Morgan fingerprint density at radius 3 is 2.41 bits per heavy atom. The molecule has 4 heteroatoms. The van der Waals surface area contributed by atoms with Gasteiger partial charge in [0.25, 0.3) is 0 Å². The van der Waals surface area contributed by atoms with Crippen molar-refractivity contribution in [3.05, 3.63) is 33.8 Å². The molecule has 1 fully saturated rings. The molecule has 0 heterocycles. The summed E-state index contributed by atoms with van der Waals surface area (Å²) in [5, 5.41) is 10.7. The van der Waals surface area contributed by atoms with Crippen LogP contribution in [-0.2, 0) is 5.41 Å². The van der Waals surface area contributed by atoms with Crippen LogP contribution in [0.1, 0.15) is 31.2 Å². The van der Waals surface area contributed by atoms with Gasteiger partial charge in [0, 0.05) is 12.0 Å². The highest BCUT2D eigenvalue weighted by Gasteiger charge is 2.35. The van der Waals surface area contributed by atoms with Crippen molar-refractivity contribution in [2.24, 2.45) is 5.73 Å². The van der Waals surface area contributed by atoms with E-state index in [4.69, 9.17) is 28.9 Å². The number of aliphatic hydroxyl groups excluding tert-OH is 1. The zero-order valence-electron chi connectivity index (χ0n) is 9.63. The summed E-state index contributed by atoms with van der Waals surface area (Å²) in [6, 6.07) is 5.73. The maximum atomic E-state index is 9.59. The molecule has 2 rings (SSSR count). The Labute approximate surface area is 112 Å². The average Bonchev–Trinajstić information content (AvgIpc) is 2.34. The minimum atomic E-state index is -0.183. The molecular weight excluding hydrogens is 257 g/mol. The molecule has 0 radical (unpaired) electrons. The first-order valence-electron chi connectivity index (χ1n) is 5.91. The van der Waals surface area contributed by atoms with E-state index in [-0.39, 0.29) is 11.5 Å². The monoisotopic (exact) mass is 273 g/mol. The molecule has 0 spiro atoms.